The second kappa shape index (κ2) is 11.2. The molecule has 2 saturated carbocycles. The average Bonchev–Trinajstić information content (AvgIpc) is 3.59. The van der Waals surface area contributed by atoms with Crippen molar-refractivity contribution in [3.63, 3.8) is 0 Å². The average molecular weight is 681 g/mol. The maximum atomic E-state index is 6.78. The number of likely N-dealkylation sites (tertiary alicyclic amines) is 2. The van der Waals surface area contributed by atoms with E-state index < -0.39 is 0 Å². The summed E-state index contributed by atoms with van der Waals surface area (Å²) in [6.45, 7) is 16.4. The van der Waals surface area contributed by atoms with Gasteiger partial charge in [0, 0.05) is 57.2 Å². The van der Waals surface area contributed by atoms with Crippen molar-refractivity contribution in [2.75, 3.05) is 41.3 Å². The molecule has 10 rings (SSSR count). The molecule has 4 fully saturated rings. The highest BCUT2D eigenvalue weighted by Crippen LogP contribution is 2.64. The van der Waals surface area contributed by atoms with Crippen LogP contribution < -0.4 is 9.47 Å². The van der Waals surface area contributed by atoms with E-state index in [4.69, 9.17) is 9.47 Å². The lowest BCUT2D eigenvalue weighted by molar-refractivity contribution is -0.0921. The number of rotatable bonds is 2. The minimum atomic E-state index is 0.175. The molecule has 2 saturated heterocycles. The number of benzene rings is 2. The highest BCUT2D eigenvalue weighted by molar-refractivity contribution is 5.56. The normalized spacial score (nSPS) is 39.3. The molecule has 2 aromatic rings. The largest absolute Gasteiger partial charge is 0.488 e. The minimum Gasteiger partial charge on any atom is -0.488 e. The quantitative estimate of drug-likeness (QED) is 0.343. The van der Waals surface area contributed by atoms with Crippen molar-refractivity contribution in [2.24, 2.45) is 11.8 Å². The molecule has 2 spiro atoms. The van der Waals surface area contributed by atoms with Gasteiger partial charge in [0.05, 0.1) is 0 Å². The smallest absolute Gasteiger partial charge is 0.124 e. The van der Waals surface area contributed by atoms with Crippen molar-refractivity contribution in [2.45, 2.75) is 151 Å². The van der Waals surface area contributed by atoms with Crippen molar-refractivity contribution < 1.29 is 9.47 Å². The molecule has 0 N–H and O–H groups in total. The summed E-state index contributed by atoms with van der Waals surface area (Å²) in [5.74, 6) is 3.92. The summed E-state index contributed by atoms with van der Waals surface area (Å²) < 4.78 is 13.6. The molecule has 4 bridgehead atoms. The Morgan fingerprint density at radius 1 is 0.620 bits per heavy atom. The fourth-order valence-electron chi connectivity index (χ4n) is 13.2. The summed E-state index contributed by atoms with van der Waals surface area (Å²) in [7, 11) is 9.30. The minimum absolute atomic E-state index is 0.175. The zero-order chi connectivity index (χ0) is 35.1. The summed E-state index contributed by atoms with van der Waals surface area (Å²) >= 11 is 0. The molecule has 272 valence electrons. The van der Waals surface area contributed by atoms with Gasteiger partial charge in [-0.2, -0.15) is 0 Å². The van der Waals surface area contributed by atoms with Crippen LogP contribution in [0.25, 0.3) is 0 Å². The van der Waals surface area contributed by atoms with Gasteiger partial charge in [-0.05, 0) is 169 Å². The Hall–Kier alpha value is -2.12. The third kappa shape index (κ3) is 4.46. The maximum Gasteiger partial charge on any atom is 0.124 e. The van der Waals surface area contributed by atoms with Gasteiger partial charge in [-0.1, -0.05) is 24.3 Å². The Balaban J connectivity index is 0.000000135. The Labute approximate surface area is 302 Å². The number of piperidine rings is 2. The molecule has 4 aliphatic heterocycles. The molecule has 8 aliphatic rings. The Morgan fingerprint density at radius 3 is 1.40 bits per heavy atom. The third-order valence-electron chi connectivity index (χ3n) is 16.0. The van der Waals surface area contributed by atoms with Crippen LogP contribution in [0.3, 0.4) is 0 Å². The fourth-order valence-corrected chi connectivity index (χ4v) is 13.2. The molecular formula is C44H64N4O2. The molecule has 6 heteroatoms. The van der Waals surface area contributed by atoms with E-state index in [1.165, 1.54) is 76.0 Å². The third-order valence-corrected chi connectivity index (χ3v) is 16.0. The van der Waals surface area contributed by atoms with Crippen LogP contribution in [0.15, 0.2) is 36.4 Å². The number of ether oxygens (including phenoxy) is 2. The van der Waals surface area contributed by atoms with Gasteiger partial charge < -0.3 is 19.3 Å². The summed E-state index contributed by atoms with van der Waals surface area (Å²) in [6.07, 6.45) is 10.8. The van der Waals surface area contributed by atoms with Crippen molar-refractivity contribution in [3.8, 4) is 11.5 Å². The van der Waals surface area contributed by atoms with Crippen molar-refractivity contribution in [1.29, 1.82) is 0 Å². The van der Waals surface area contributed by atoms with Crippen LogP contribution in [0.2, 0.25) is 0 Å². The molecule has 0 amide bonds. The topological polar surface area (TPSA) is 31.4 Å². The van der Waals surface area contributed by atoms with E-state index >= 15 is 0 Å². The lowest BCUT2D eigenvalue weighted by atomic mass is 9.51. The van der Waals surface area contributed by atoms with E-state index in [1.807, 2.05) is 0 Å². The zero-order valence-corrected chi connectivity index (χ0v) is 32.8. The van der Waals surface area contributed by atoms with Gasteiger partial charge in [0.25, 0.3) is 0 Å². The summed E-state index contributed by atoms with van der Waals surface area (Å²) in [6, 6.07) is 16.0. The van der Waals surface area contributed by atoms with E-state index in [0.29, 0.717) is 36.4 Å². The lowest BCUT2D eigenvalue weighted by Gasteiger charge is -2.60. The van der Waals surface area contributed by atoms with Gasteiger partial charge in [-0.3, -0.25) is 9.80 Å². The standard InChI is InChI=1S/2C22H32N2O/c2*1-21(2,3)24(5)16-10-9-15-17-13-14-7-6-8-18-19(14)22(15,20(16)25-18)11-12-23(17)4/h2*6-8,15-17,20H,9-13H2,1-5H3/t15?,16-,17+,20-,22-;15?,16-,17-,20+,22+/m01/s1. The number of hydrogen-bond acceptors (Lipinski definition) is 6. The SMILES string of the molecule is CN1CC[C@]23c4c5cccc4O[C@H]2[C@@H](N(C)C(C)(C)C)CCC3[C@H]1C5.CN1CC[C@]23c4c5cccc4O[C@H]2[C@H](N(C)C(C)(C)C)CCC3[C@H]1C5. The van der Waals surface area contributed by atoms with Gasteiger partial charge in [0.15, 0.2) is 0 Å². The first kappa shape index (κ1) is 33.7. The first-order chi connectivity index (χ1) is 23.7. The van der Waals surface area contributed by atoms with Gasteiger partial charge in [0.2, 0.25) is 0 Å². The molecule has 4 heterocycles. The second-order valence-electron chi connectivity index (χ2n) is 19.8. The van der Waals surface area contributed by atoms with Gasteiger partial charge >= 0.3 is 0 Å². The molecule has 4 aliphatic carbocycles. The van der Waals surface area contributed by atoms with Crippen LogP contribution in [0.4, 0.5) is 0 Å². The van der Waals surface area contributed by atoms with Crippen LogP contribution in [-0.2, 0) is 23.7 Å². The molecule has 0 radical (unpaired) electrons. The molecule has 10 atom stereocenters. The molecule has 6 nitrogen and oxygen atoms in total. The molecule has 0 aromatic heterocycles. The summed E-state index contributed by atoms with van der Waals surface area (Å²) in [5.41, 5.74) is 7.18. The van der Waals surface area contributed by atoms with Crippen molar-refractivity contribution in [3.05, 3.63) is 58.7 Å². The molecule has 2 aromatic carbocycles. The second-order valence-corrected chi connectivity index (χ2v) is 19.8. The van der Waals surface area contributed by atoms with Crippen LogP contribution in [0, 0.1) is 11.8 Å². The predicted octanol–water partition coefficient (Wildman–Crippen LogP) is 6.91. The number of nitrogens with zero attached hydrogens (tertiary/aromatic N) is 4. The van der Waals surface area contributed by atoms with Crippen LogP contribution in [-0.4, -0.2) is 108 Å². The monoisotopic (exact) mass is 681 g/mol. The highest BCUT2D eigenvalue weighted by Gasteiger charge is 2.67. The lowest BCUT2D eigenvalue weighted by Crippen LogP contribution is -2.69. The molecule has 2 unspecified atom stereocenters. The predicted molar refractivity (Wildman–Crippen MR) is 203 cm³/mol. The first-order valence-corrected chi connectivity index (χ1v) is 20.1. The Kier molecular flexibility index (Phi) is 7.55. The number of hydrogen-bond donors (Lipinski definition) is 0. The van der Waals surface area contributed by atoms with E-state index in [-0.39, 0.29) is 21.9 Å². The van der Waals surface area contributed by atoms with Crippen LogP contribution >= 0.6 is 0 Å². The van der Waals surface area contributed by atoms with Crippen molar-refractivity contribution in [1.82, 2.24) is 19.6 Å². The van der Waals surface area contributed by atoms with E-state index in [0.717, 1.165) is 11.8 Å². The maximum absolute atomic E-state index is 6.78. The van der Waals surface area contributed by atoms with E-state index in [2.05, 4.69) is 126 Å². The highest BCUT2D eigenvalue weighted by atomic mass is 16.5. The van der Waals surface area contributed by atoms with E-state index in [1.54, 1.807) is 22.3 Å². The fraction of sp³-hybridized carbons (Fsp3) is 0.727. The molecular weight excluding hydrogens is 617 g/mol. The van der Waals surface area contributed by atoms with E-state index in [9.17, 15) is 0 Å². The summed E-state index contributed by atoms with van der Waals surface area (Å²) in [4.78, 5) is 10.5. The van der Waals surface area contributed by atoms with Crippen LogP contribution in [0.1, 0.15) is 102 Å². The first-order valence-electron chi connectivity index (χ1n) is 20.1. The van der Waals surface area contributed by atoms with Gasteiger partial charge in [0.1, 0.15) is 23.7 Å². The number of likely N-dealkylation sites (N-methyl/N-ethyl adjacent to an activating group) is 4. The van der Waals surface area contributed by atoms with Gasteiger partial charge in [-0.15, -0.1) is 0 Å². The zero-order valence-electron chi connectivity index (χ0n) is 32.8. The van der Waals surface area contributed by atoms with Crippen LogP contribution in [0.5, 0.6) is 11.5 Å². The molecule has 50 heavy (non-hydrogen) atoms. The summed E-state index contributed by atoms with van der Waals surface area (Å²) in [5, 5.41) is 0. The Bertz CT molecular complexity index is 1540. The van der Waals surface area contributed by atoms with Gasteiger partial charge in [-0.25, -0.2) is 0 Å². The Morgan fingerprint density at radius 2 is 1.02 bits per heavy atom. The van der Waals surface area contributed by atoms with Crippen molar-refractivity contribution >= 4 is 0 Å².